The van der Waals surface area contributed by atoms with Crippen molar-refractivity contribution in [3.05, 3.63) is 29.8 Å². The largest absolute Gasteiger partial charge is 0.497 e. The molecule has 1 heterocycles. The zero-order chi connectivity index (χ0) is 18.1. The van der Waals surface area contributed by atoms with E-state index in [2.05, 4.69) is 29.4 Å². The molecule has 0 saturated heterocycles. The molecule has 7 heteroatoms. The lowest BCUT2D eigenvalue weighted by Gasteiger charge is -2.12. The van der Waals surface area contributed by atoms with Crippen LogP contribution in [0.25, 0.3) is 0 Å². The minimum atomic E-state index is 0.0544. The second kappa shape index (κ2) is 10.4. The molecule has 1 N–H and O–H groups in total. The number of anilines is 1. The SMILES string of the molecule is CCCCC(CC)C(=O)Nc1nnc(SCc2ccc(OC)cc2)s1. The first kappa shape index (κ1) is 19.7. The third-order valence-electron chi connectivity index (χ3n) is 3.93. The van der Waals surface area contributed by atoms with Gasteiger partial charge in [0.25, 0.3) is 0 Å². The van der Waals surface area contributed by atoms with Crippen molar-refractivity contribution in [1.82, 2.24) is 10.2 Å². The Morgan fingerprint density at radius 2 is 2.04 bits per heavy atom. The molecular formula is C18H25N3O2S2. The van der Waals surface area contributed by atoms with E-state index in [4.69, 9.17) is 4.74 Å². The fourth-order valence-electron chi connectivity index (χ4n) is 2.36. The molecule has 0 aliphatic heterocycles. The zero-order valence-corrected chi connectivity index (χ0v) is 16.6. The first-order valence-corrected chi connectivity index (χ1v) is 10.4. The van der Waals surface area contributed by atoms with Gasteiger partial charge in [-0.2, -0.15) is 0 Å². The second-order valence-electron chi connectivity index (χ2n) is 5.75. The number of nitrogens with zero attached hydrogens (tertiary/aromatic N) is 2. The van der Waals surface area contributed by atoms with Crippen LogP contribution in [0.4, 0.5) is 5.13 Å². The van der Waals surface area contributed by atoms with Gasteiger partial charge in [0.1, 0.15) is 5.75 Å². The van der Waals surface area contributed by atoms with Gasteiger partial charge in [0.15, 0.2) is 4.34 Å². The summed E-state index contributed by atoms with van der Waals surface area (Å²) in [5, 5.41) is 11.7. The van der Waals surface area contributed by atoms with Gasteiger partial charge < -0.3 is 10.1 Å². The van der Waals surface area contributed by atoms with Gasteiger partial charge in [-0.05, 0) is 30.5 Å². The highest BCUT2D eigenvalue weighted by Gasteiger charge is 2.17. The molecule has 136 valence electrons. The molecule has 0 aliphatic carbocycles. The number of amides is 1. The van der Waals surface area contributed by atoms with E-state index in [1.165, 1.54) is 16.9 Å². The summed E-state index contributed by atoms with van der Waals surface area (Å²) in [5.41, 5.74) is 1.19. The lowest BCUT2D eigenvalue weighted by atomic mass is 9.99. The molecule has 1 unspecified atom stereocenters. The van der Waals surface area contributed by atoms with Crippen molar-refractivity contribution in [3.63, 3.8) is 0 Å². The molecule has 0 saturated carbocycles. The minimum Gasteiger partial charge on any atom is -0.497 e. The molecule has 0 aliphatic rings. The number of rotatable bonds is 10. The number of thioether (sulfide) groups is 1. The van der Waals surface area contributed by atoms with Crippen molar-refractivity contribution < 1.29 is 9.53 Å². The van der Waals surface area contributed by atoms with Crippen molar-refractivity contribution in [2.24, 2.45) is 5.92 Å². The van der Waals surface area contributed by atoms with Crippen molar-refractivity contribution >= 4 is 34.1 Å². The Labute approximate surface area is 157 Å². The van der Waals surface area contributed by atoms with E-state index >= 15 is 0 Å². The van der Waals surface area contributed by atoms with Crippen molar-refractivity contribution in [3.8, 4) is 5.75 Å². The van der Waals surface area contributed by atoms with Crippen LogP contribution >= 0.6 is 23.1 Å². The van der Waals surface area contributed by atoms with Gasteiger partial charge in [-0.15, -0.1) is 10.2 Å². The van der Waals surface area contributed by atoms with E-state index in [1.54, 1.807) is 18.9 Å². The summed E-state index contributed by atoms with van der Waals surface area (Å²) in [6.45, 7) is 4.19. The maximum Gasteiger partial charge on any atom is 0.229 e. The number of hydrogen-bond donors (Lipinski definition) is 1. The molecule has 2 aromatic rings. The quantitative estimate of drug-likeness (QED) is 0.465. The number of carbonyl (C=O) groups excluding carboxylic acids is 1. The molecule has 2 rings (SSSR count). The number of methoxy groups -OCH3 is 1. The lowest BCUT2D eigenvalue weighted by Crippen LogP contribution is -2.22. The summed E-state index contributed by atoms with van der Waals surface area (Å²) < 4.78 is 6.01. The van der Waals surface area contributed by atoms with E-state index in [0.717, 1.165) is 41.5 Å². The highest BCUT2D eigenvalue weighted by molar-refractivity contribution is 8.00. The first-order chi connectivity index (χ1) is 12.2. The molecule has 0 fully saturated rings. The summed E-state index contributed by atoms with van der Waals surface area (Å²) in [6.07, 6.45) is 3.96. The van der Waals surface area contributed by atoms with Crippen molar-refractivity contribution in [1.29, 1.82) is 0 Å². The average Bonchev–Trinajstić information content (AvgIpc) is 3.08. The van der Waals surface area contributed by atoms with Crippen LogP contribution in [0.1, 0.15) is 45.1 Å². The smallest absolute Gasteiger partial charge is 0.229 e. The summed E-state index contributed by atoms with van der Waals surface area (Å²) in [4.78, 5) is 12.3. The topological polar surface area (TPSA) is 64.1 Å². The third-order valence-corrected chi connectivity index (χ3v) is 5.97. The maximum atomic E-state index is 12.3. The van der Waals surface area contributed by atoms with E-state index in [9.17, 15) is 4.79 Å². The van der Waals surface area contributed by atoms with Gasteiger partial charge in [0, 0.05) is 11.7 Å². The number of carbonyl (C=O) groups is 1. The first-order valence-electron chi connectivity index (χ1n) is 8.56. The Morgan fingerprint density at radius 3 is 2.68 bits per heavy atom. The molecular weight excluding hydrogens is 354 g/mol. The highest BCUT2D eigenvalue weighted by Crippen LogP contribution is 2.29. The average molecular weight is 380 g/mol. The molecule has 0 bridgehead atoms. The monoisotopic (exact) mass is 379 g/mol. The van der Waals surface area contributed by atoms with Crippen LogP contribution in [0.5, 0.6) is 5.75 Å². The van der Waals surface area contributed by atoms with Crippen molar-refractivity contribution in [2.75, 3.05) is 12.4 Å². The van der Waals surface area contributed by atoms with Crippen LogP contribution in [0.2, 0.25) is 0 Å². The zero-order valence-electron chi connectivity index (χ0n) is 14.9. The predicted molar refractivity (Wildman–Crippen MR) is 104 cm³/mol. The second-order valence-corrected chi connectivity index (χ2v) is 7.95. The van der Waals surface area contributed by atoms with Crippen molar-refractivity contribution in [2.45, 2.75) is 49.6 Å². The minimum absolute atomic E-state index is 0.0544. The molecule has 0 radical (unpaired) electrons. The van der Waals surface area contributed by atoms with E-state index in [0.29, 0.717) is 5.13 Å². The Bertz CT molecular complexity index is 659. The van der Waals surface area contributed by atoms with Crippen LogP contribution in [0, 0.1) is 5.92 Å². The number of unbranched alkanes of at least 4 members (excludes halogenated alkanes) is 1. The summed E-state index contributed by atoms with van der Waals surface area (Å²) in [5.74, 6) is 1.77. The van der Waals surface area contributed by atoms with E-state index in [-0.39, 0.29) is 11.8 Å². The third kappa shape index (κ3) is 6.32. The fourth-order valence-corrected chi connectivity index (χ4v) is 4.07. The van der Waals surface area contributed by atoms with Gasteiger partial charge >= 0.3 is 0 Å². The molecule has 1 amide bonds. The van der Waals surface area contributed by atoms with Gasteiger partial charge in [-0.25, -0.2) is 0 Å². The molecule has 1 aromatic heterocycles. The van der Waals surface area contributed by atoms with Gasteiger partial charge in [0.05, 0.1) is 7.11 Å². The summed E-state index contributed by atoms with van der Waals surface area (Å²) in [6, 6.07) is 7.97. The summed E-state index contributed by atoms with van der Waals surface area (Å²) in [7, 11) is 1.66. The molecule has 25 heavy (non-hydrogen) atoms. The molecule has 1 aromatic carbocycles. The fraction of sp³-hybridized carbons (Fsp3) is 0.500. The van der Waals surface area contributed by atoms with Crippen LogP contribution in [0.15, 0.2) is 28.6 Å². The Morgan fingerprint density at radius 1 is 1.28 bits per heavy atom. The van der Waals surface area contributed by atoms with Gasteiger partial charge in [-0.1, -0.05) is 61.9 Å². The van der Waals surface area contributed by atoms with E-state index < -0.39 is 0 Å². The van der Waals surface area contributed by atoms with Crippen LogP contribution in [-0.2, 0) is 10.5 Å². The molecule has 0 spiro atoms. The van der Waals surface area contributed by atoms with Gasteiger partial charge in [-0.3, -0.25) is 4.79 Å². The Hall–Kier alpha value is -1.60. The Balaban J connectivity index is 1.85. The standard InChI is InChI=1S/C18H25N3O2S2/c1-4-6-7-14(5-2)16(22)19-17-20-21-18(25-17)24-12-13-8-10-15(23-3)11-9-13/h8-11,14H,4-7,12H2,1-3H3,(H,19,20,22). The number of ether oxygens (including phenoxy) is 1. The Kier molecular flexibility index (Phi) is 8.21. The normalized spacial score (nSPS) is 12.0. The van der Waals surface area contributed by atoms with Gasteiger partial charge in [0.2, 0.25) is 11.0 Å². The lowest BCUT2D eigenvalue weighted by molar-refractivity contribution is -0.120. The summed E-state index contributed by atoms with van der Waals surface area (Å²) >= 11 is 3.04. The number of aromatic nitrogens is 2. The van der Waals surface area contributed by atoms with Crippen LogP contribution in [0.3, 0.4) is 0 Å². The number of benzene rings is 1. The molecule has 1 atom stereocenters. The highest BCUT2D eigenvalue weighted by atomic mass is 32.2. The molecule has 5 nitrogen and oxygen atoms in total. The number of hydrogen-bond acceptors (Lipinski definition) is 6. The maximum absolute atomic E-state index is 12.3. The van der Waals surface area contributed by atoms with Crippen LogP contribution < -0.4 is 10.1 Å². The number of nitrogens with one attached hydrogen (secondary N) is 1. The van der Waals surface area contributed by atoms with Crippen LogP contribution in [-0.4, -0.2) is 23.2 Å². The van der Waals surface area contributed by atoms with E-state index in [1.807, 2.05) is 24.3 Å². The predicted octanol–water partition coefficient (Wildman–Crippen LogP) is 4.99.